The molecule has 200 valence electrons. The SMILES string of the molecule is NC(=O)[C@H]1CC[C@@H](Nc2nc(N[C@@H]3CCOC[C@H]3F)ncc2NC(=S)Nc2c(Cl)cc(Cl)cc2Cl)CC1. The fourth-order valence-corrected chi connectivity index (χ4v) is 5.45. The second-order valence-electron chi connectivity index (χ2n) is 9.01. The Balaban J connectivity index is 1.51. The van der Waals surface area contributed by atoms with Crippen LogP contribution < -0.4 is 27.0 Å². The average molecular weight is 591 g/mol. The van der Waals surface area contributed by atoms with Crippen LogP contribution >= 0.6 is 47.0 Å². The molecule has 1 aromatic heterocycles. The van der Waals surface area contributed by atoms with Crippen molar-refractivity contribution in [3.63, 3.8) is 0 Å². The molecule has 1 aromatic carbocycles. The highest BCUT2D eigenvalue weighted by atomic mass is 35.5. The molecule has 1 aliphatic heterocycles. The Hall–Kier alpha value is -2.18. The fraction of sp³-hybridized carbons (Fsp3) is 0.478. The summed E-state index contributed by atoms with van der Waals surface area (Å²) in [5.41, 5.74) is 6.36. The molecule has 2 aromatic rings. The lowest BCUT2D eigenvalue weighted by Gasteiger charge is -2.29. The Kier molecular flexibility index (Phi) is 9.46. The van der Waals surface area contributed by atoms with Gasteiger partial charge >= 0.3 is 0 Å². The number of anilines is 4. The van der Waals surface area contributed by atoms with Crippen LogP contribution in [-0.4, -0.2) is 52.5 Å². The van der Waals surface area contributed by atoms with E-state index in [1.54, 1.807) is 18.3 Å². The van der Waals surface area contributed by atoms with Crippen molar-refractivity contribution in [1.29, 1.82) is 0 Å². The van der Waals surface area contributed by atoms with E-state index in [-0.39, 0.29) is 35.5 Å². The lowest BCUT2D eigenvalue weighted by molar-refractivity contribution is -0.122. The normalized spacial score (nSPS) is 23.7. The Morgan fingerprint density at radius 2 is 1.78 bits per heavy atom. The molecule has 2 fully saturated rings. The lowest BCUT2D eigenvalue weighted by atomic mass is 9.85. The molecule has 2 atom stereocenters. The molecule has 2 heterocycles. The zero-order valence-corrected chi connectivity index (χ0v) is 22.8. The first-order valence-electron chi connectivity index (χ1n) is 11.8. The third-order valence-corrected chi connectivity index (χ3v) is 7.37. The van der Waals surface area contributed by atoms with Crippen LogP contribution in [0.15, 0.2) is 18.3 Å². The predicted molar refractivity (Wildman–Crippen MR) is 150 cm³/mol. The van der Waals surface area contributed by atoms with Crippen LogP contribution in [0.4, 0.5) is 27.5 Å². The van der Waals surface area contributed by atoms with Gasteiger partial charge in [-0.25, -0.2) is 9.37 Å². The smallest absolute Gasteiger partial charge is 0.225 e. The van der Waals surface area contributed by atoms with Crippen LogP contribution in [0.5, 0.6) is 0 Å². The van der Waals surface area contributed by atoms with E-state index >= 15 is 0 Å². The molecule has 4 rings (SSSR count). The molecule has 1 saturated carbocycles. The highest BCUT2D eigenvalue weighted by Gasteiger charge is 2.28. The van der Waals surface area contributed by atoms with E-state index in [2.05, 4.69) is 31.2 Å². The second kappa shape index (κ2) is 12.6. The van der Waals surface area contributed by atoms with Gasteiger partial charge < -0.3 is 31.7 Å². The predicted octanol–water partition coefficient (Wildman–Crippen LogP) is 5.24. The van der Waals surface area contributed by atoms with Crippen LogP contribution in [0.2, 0.25) is 15.1 Å². The number of aromatic nitrogens is 2. The van der Waals surface area contributed by atoms with Crippen LogP contribution in [0.25, 0.3) is 0 Å². The van der Waals surface area contributed by atoms with E-state index in [9.17, 15) is 9.18 Å². The van der Waals surface area contributed by atoms with E-state index < -0.39 is 12.2 Å². The molecule has 0 radical (unpaired) electrons. The third-order valence-electron chi connectivity index (χ3n) is 6.35. The number of alkyl halides is 1. The standard InChI is InChI=1S/C23H27Cl3FN7O2S/c24-12-7-14(25)19(15(26)8-12)33-23(37)32-18-9-29-22(31-17-5-6-36-10-16(17)27)34-21(18)30-13-3-1-11(2-4-13)20(28)35/h7-9,11,13,16-17H,1-6,10H2,(H2,28,35)(H2,32,33,37)(H2,29,30,31,34)/t11-,13+,16-,17-/m1/s1. The molecule has 1 aliphatic carbocycles. The molecule has 14 heteroatoms. The molecular weight excluding hydrogens is 564 g/mol. The van der Waals surface area contributed by atoms with Crippen molar-refractivity contribution in [3.8, 4) is 0 Å². The third kappa shape index (κ3) is 7.44. The van der Waals surface area contributed by atoms with Gasteiger partial charge in [-0.05, 0) is 56.5 Å². The lowest BCUT2D eigenvalue weighted by Crippen LogP contribution is -2.39. The molecule has 1 saturated heterocycles. The topological polar surface area (TPSA) is 126 Å². The summed E-state index contributed by atoms with van der Waals surface area (Å²) in [4.78, 5) is 20.5. The summed E-state index contributed by atoms with van der Waals surface area (Å²) in [6.07, 6.45) is 3.74. The number of carbonyl (C=O) groups excluding carboxylic acids is 1. The second-order valence-corrected chi connectivity index (χ2v) is 10.7. The first-order chi connectivity index (χ1) is 17.7. The van der Waals surface area contributed by atoms with Gasteiger partial charge in [0.1, 0.15) is 11.9 Å². The number of ether oxygens (including phenoxy) is 1. The van der Waals surface area contributed by atoms with Crippen molar-refractivity contribution in [3.05, 3.63) is 33.4 Å². The number of carbonyl (C=O) groups is 1. The molecule has 0 unspecified atom stereocenters. The largest absolute Gasteiger partial charge is 0.378 e. The van der Waals surface area contributed by atoms with E-state index in [1.807, 2.05) is 0 Å². The van der Waals surface area contributed by atoms with Crippen LogP contribution in [0, 0.1) is 5.92 Å². The number of primary amides is 1. The number of amides is 1. The number of halogens is 4. The first kappa shape index (κ1) is 27.8. The maximum absolute atomic E-state index is 14.3. The van der Waals surface area contributed by atoms with Gasteiger partial charge in [-0.1, -0.05) is 34.8 Å². The minimum atomic E-state index is -1.17. The summed E-state index contributed by atoms with van der Waals surface area (Å²) in [6.45, 7) is 0.489. The Labute approximate surface area is 234 Å². The summed E-state index contributed by atoms with van der Waals surface area (Å²) >= 11 is 24.0. The van der Waals surface area contributed by atoms with Gasteiger partial charge in [-0.2, -0.15) is 4.98 Å². The van der Waals surface area contributed by atoms with Crippen molar-refractivity contribution >= 4 is 81.2 Å². The van der Waals surface area contributed by atoms with Crippen molar-refractivity contribution in [2.45, 2.75) is 50.4 Å². The summed E-state index contributed by atoms with van der Waals surface area (Å²) < 4.78 is 19.5. The maximum Gasteiger partial charge on any atom is 0.225 e. The van der Waals surface area contributed by atoms with E-state index in [1.165, 1.54) is 0 Å². The molecule has 9 nitrogen and oxygen atoms in total. The highest BCUT2D eigenvalue weighted by molar-refractivity contribution is 7.80. The Bertz CT molecular complexity index is 1130. The molecule has 37 heavy (non-hydrogen) atoms. The van der Waals surface area contributed by atoms with E-state index in [0.29, 0.717) is 58.1 Å². The van der Waals surface area contributed by atoms with Crippen molar-refractivity contribution < 1.29 is 13.9 Å². The van der Waals surface area contributed by atoms with E-state index in [4.69, 9.17) is 57.5 Å². The number of rotatable bonds is 7. The summed E-state index contributed by atoms with van der Waals surface area (Å²) in [7, 11) is 0. The van der Waals surface area contributed by atoms with Gasteiger partial charge in [-0.3, -0.25) is 4.79 Å². The Morgan fingerprint density at radius 1 is 1.08 bits per heavy atom. The average Bonchev–Trinajstić information content (AvgIpc) is 2.85. The highest BCUT2D eigenvalue weighted by Crippen LogP contribution is 2.34. The molecule has 6 N–H and O–H groups in total. The number of nitrogens with two attached hydrogens (primary N) is 1. The molecular formula is C23H27Cl3FN7O2S. The zero-order valence-electron chi connectivity index (χ0n) is 19.7. The van der Waals surface area contributed by atoms with Gasteiger partial charge in [0.15, 0.2) is 10.9 Å². The molecule has 0 spiro atoms. The summed E-state index contributed by atoms with van der Waals surface area (Å²) in [6, 6.07) is 2.70. The number of thiocarbonyl (C=S) groups is 1. The van der Waals surface area contributed by atoms with Crippen LogP contribution in [0.1, 0.15) is 32.1 Å². The molecule has 2 aliphatic rings. The first-order valence-corrected chi connectivity index (χ1v) is 13.4. The minimum absolute atomic E-state index is 0.0290. The van der Waals surface area contributed by atoms with Gasteiger partial charge in [0.25, 0.3) is 0 Å². The van der Waals surface area contributed by atoms with E-state index in [0.717, 1.165) is 12.8 Å². The monoisotopic (exact) mass is 589 g/mol. The summed E-state index contributed by atoms with van der Waals surface area (Å²) in [5.74, 6) is 0.345. The van der Waals surface area contributed by atoms with Gasteiger partial charge in [0, 0.05) is 23.6 Å². The number of nitrogens with one attached hydrogen (secondary N) is 4. The van der Waals surface area contributed by atoms with Crippen molar-refractivity contribution in [2.24, 2.45) is 11.7 Å². The van der Waals surface area contributed by atoms with Gasteiger partial charge in [-0.15, -0.1) is 0 Å². The number of nitrogens with zero attached hydrogens (tertiary/aromatic N) is 2. The minimum Gasteiger partial charge on any atom is -0.378 e. The summed E-state index contributed by atoms with van der Waals surface area (Å²) in [5, 5.41) is 13.7. The fourth-order valence-electron chi connectivity index (χ4n) is 4.33. The Morgan fingerprint density at radius 3 is 2.43 bits per heavy atom. The van der Waals surface area contributed by atoms with Gasteiger partial charge in [0.05, 0.1) is 34.6 Å². The van der Waals surface area contributed by atoms with Crippen LogP contribution in [0.3, 0.4) is 0 Å². The number of hydrogen-bond acceptors (Lipinski definition) is 7. The quantitative estimate of drug-likeness (QED) is 0.275. The van der Waals surface area contributed by atoms with Gasteiger partial charge in [0.2, 0.25) is 11.9 Å². The molecule has 0 bridgehead atoms. The molecule has 1 amide bonds. The van der Waals surface area contributed by atoms with Crippen molar-refractivity contribution in [2.75, 3.05) is 34.5 Å². The zero-order chi connectivity index (χ0) is 26.5. The van der Waals surface area contributed by atoms with Crippen molar-refractivity contribution in [1.82, 2.24) is 9.97 Å². The maximum atomic E-state index is 14.3. The number of hydrogen-bond donors (Lipinski definition) is 5. The number of benzene rings is 1. The van der Waals surface area contributed by atoms with Crippen LogP contribution in [-0.2, 0) is 9.53 Å².